The van der Waals surface area contributed by atoms with Gasteiger partial charge >= 0.3 is 0 Å². The minimum Gasteiger partial charge on any atom is -0.339 e. The molecule has 0 aromatic carbocycles. The molecule has 0 spiro atoms. The number of hydrogen-bond acceptors (Lipinski definition) is 4. The molecule has 0 saturated heterocycles. The molecule has 2 aliphatic carbocycles. The average molecular weight is 271 g/mol. The maximum atomic E-state index is 13.4. The predicted molar refractivity (Wildman–Crippen MR) is 64.8 cm³/mol. The van der Waals surface area contributed by atoms with Crippen LogP contribution in [-0.4, -0.2) is 16.1 Å². The summed E-state index contributed by atoms with van der Waals surface area (Å²) in [5, 5.41) is 3.94. The summed E-state index contributed by atoms with van der Waals surface area (Å²) in [6, 6.07) is 0. The minimum atomic E-state index is -2.61. The summed E-state index contributed by atoms with van der Waals surface area (Å²) in [4.78, 5) is 4.32. The Labute approximate surface area is 110 Å². The first-order chi connectivity index (χ1) is 8.99. The van der Waals surface area contributed by atoms with Gasteiger partial charge in [0.1, 0.15) is 0 Å². The van der Waals surface area contributed by atoms with Crippen LogP contribution in [0, 0.1) is 0 Å². The summed E-state index contributed by atoms with van der Waals surface area (Å²) in [5.74, 6) is -2.10. The molecule has 6 heteroatoms. The molecule has 0 aliphatic heterocycles. The molecule has 0 radical (unpaired) electrons. The van der Waals surface area contributed by atoms with Gasteiger partial charge in [0.05, 0.1) is 5.54 Å². The smallest absolute Gasteiger partial charge is 0.248 e. The molecule has 4 nitrogen and oxygen atoms in total. The van der Waals surface area contributed by atoms with Gasteiger partial charge in [0.15, 0.2) is 5.82 Å². The third kappa shape index (κ3) is 2.50. The van der Waals surface area contributed by atoms with Crippen molar-refractivity contribution in [3.8, 4) is 0 Å². The average Bonchev–Trinajstić information content (AvgIpc) is 2.97. The first kappa shape index (κ1) is 13.0. The summed E-state index contributed by atoms with van der Waals surface area (Å²) in [6.07, 6.45) is 4.76. The molecule has 1 aromatic rings. The van der Waals surface area contributed by atoms with E-state index in [9.17, 15) is 8.78 Å². The Morgan fingerprint density at radius 2 is 1.89 bits per heavy atom. The highest BCUT2D eigenvalue weighted by Crippen LogP contribution is 2.42. The lowest BCUT2D eigenvalue weighted by molar-refractivity contribution is -0.0440. The zero-order valence-electron chi connectivity index (χ0n) is 10.9. The molecule has 1 aromatic heterocycles. The summed E-state index contributed by atoms with van der Waals surface area (Å²) in [5.41, 5.74) is 5.73. The first-order valence-corrected chi connectivity index (χ1v) is 6.99. The van der Waals surface area contributed by atoms with E-state index in [-0.39, 0.29) is 18.8 Å². The van der Waals surface area contributed by atoms with Gasteiger partial charge in [0.2, 0.25) is 11.8 Å². The molecule has 19 heavy (non-hydrogen) atoms. The summed E-state index contributed by atoms with van der Waals surface area (Å²) in [7, 11) is 0. The minimum absolute atomic E-state index is 0.0364. The fraction of sp³-hybridized carbons (Fsp3) is 0.846. The Morgan fingerprint density at radius 3 is 2.58 bits per heavy atom. The number of aromatic nitrogens is 2. The van der Waals surface area contributed by atoms with Crippen LogP contribution in [0.2, 0.25) is 0 Å². The number of halogens is 2. The van der Waals surface area contributed by atoms with E-state index in [1.807, 2.05) is 0 Å². The van der Waals surface area contributed by atoms with Crippen molar-refractivity contribution < 1.29 is 13.3 Å². The highest BCUT2D eigenvalue weighted by molar-refractivity contribution is 5.08. The van der Waals surface area contributed by atoms with Gasteiger partial charge in [0, 0.05) is 18.8 Å². The van der Waals surface area contributed by atoms with Gasteiger partial charge < -0.3 is 10.3 Å². The fourth-order valence-electron chi connectivity index (χ4n) is 3.22. The van der Waals surface area contributed by atoms with Gasteiger partial charge in [-0.2, -0.15) is 4.98 Å². The molecule has 2 saturated carbocycles. The van der Waals surface area contributed by atoms with Gasteiger partial charge in [-0.1, -0.05) is 18.0 Å². The standard InChI is InChI=1S/C13H19F2N3O/c14-13(15)7-3-4-9(8-13)10-17-11(18-19-10)12(16)5-1-2-6-12/h9H,1-8,16H2. The zero-order valence-corrected chi connectivity index (χ0v) is 10.9. The maximum absolute atomic E-state index is 13.4. The maximum Gasteiger partial charge on any atom is 0.248 e. The Kier molecular flexibility index (Phi) is 3.08. The van der Waals surface area contributed by atoms with Gasteiger partial charge in [-0.25, -0.2) is 8.78 Å². The van der Waals surface area contributed by atoms with Crippen LogP contribution in [0.15, 0.2) is 4.52 Å². The van der Waals surface area contributed by atoms with E-state index >= 15 is 0 Å². The molecule has 2 N–H and O–H groups in total. The van der Waals surface area contributed by atoms with Crippen LogP contribution in [0.25, 0.3) is 0 Å². The lowest BCUT2D eigenvalue weighted by Gasteiger charge is -2.26. The third-order valence-corrected chi connectivity index (χ3v) is 4.37. The van der Waals surface area contributed by atoms with E-state index in [2.05, 4.69) is 10.1 Å². The number of nitrogens with two attached hydrogens (primary N) is 1. The second-order valence-electron chi connectivity index (χ2n) is 5.97. The molecule has 3 rings (SSSR count). The second kappa shape index (κ2) is 4.51. The van der Waals surface area contributed by atoms with Gasteiger partial charge in [-0.05, 0) is 25.7 Å². The normalized spacial score (nSPS) is 29.5. The van der Waals surface area contributed by atoms with Crippen molar-refractivity contribution in [1.29, 1.82) is 0 Å². The van der Waals surface area contributed by atoms with Crippen molar-refractivity contribution >= 4 is 0 Å². The van der Waals surface area contributed by atoms with Crippen molar-refractivity contribution in [1.82, 2.24) is 10.1 Å². The van der Waals surface area contributed by atoms with Crippen LogP contribution in [0.5, 0.6) is 0 Å². The Morgan fingerprint density at radius 1 is 1.16 bits per heavy atom. The topological polar surface area (TPSA) is 64.9 Å². The molecule has 1 heterocycles. The van der Waals surface area contributed by atoms with Gasteiger partial charge in [-0.15, -0.1) is 0 Å². The molecule has 106 valence electrons. The van der Waals surface area contributed by atoms with E-state index in [0.29, 0.717) is 24.6 Å². The van der Waals surface area contributed by atoms with Crippen LogP contribution in [0.4, 0.5) is 8.78 Å². The molecular weight excluding hydrogens is 252 g/mol. The monoisotopic (exact) mass is 271 g/mol. The van der Waals surface area contributed by atoms with E-state index in [1.54, 1.807) is 0 Å². The molecule has 2 fully saturated rings. The Balaban J connectivity index is 1.77. The SMILES string of the molecule is NC1(c2noc(C3CCCC(F)(F)C3)n2)CCCC1. The quantitative estimate of drug-likeness (QED) is 0.897. The summed E-state index contributed by atoms with van der Waals surface area (Å²) in [6.45, 7) is 0. The van der Waals surface area contributed by atoms with Gasteiger partial charge in [0.25, 0.3) is 0 Å². The summed E-state index contributed by atoms with van der Waals surface area (Å²) < 4.78 is 32.0. The molecule has 1 atom stereocenters. The van der Waals surface area contributed by atoms with Crippen LogP contribution < -0.4 is 5.73 Å². The number of rotatable bonds is 2. The van der Waals surface area contributed by atoms with Crippen LogP contribution in [-0.2, 0) is 5.54 Å². The van der Waals surface area contributed by atoms with Crippen molar-refractivity contribution in [2.75, 3.05) is 0 Å². The molecule has 0 amide bonds. The van der Waals surface area contributed by atoms with Crippen molar-refractivity contribution in [3.63, 3.8) is 0 Å². The van der Waals surface area contributed by atoms with E-state index in [0.717, 1.165) is 25.7 Å². The number of alkyl halides is 2. The fourth-order valence-corrected chi connectivity index (χ4v) is 3.22. The van der Waals surface area contributed by atoms with Crippen molar-refractivity contribution in [3.05, 3.63) is 11.7 Å². The number of nitrogens with zero attached hydrogens (tertiary/aromatic N) is 2. The Bertz CT molecular complexity index is 454. The number of hydrogen-bond donors (Lipinski definition) is 1. The zero-order chi connectivity index (χ0) is 13.5. The predicted octanol–water partition coefficient (Wildman–Crippen LogP) is 3.09. The van der Waals surface area contributed by atoms with E-state index in [4.69, 9.17) is 10.3 Å². The highest BCUT2D eigenvalue weighted by Gasteiger charge is 2.41. The lowest BCUT2D eigenvalue weighted by atomic mass is 9.86. The summed E-state index contributed by atoms with van der Waals surface area (Å²) >= 11 is 0. The van der Waals surface area contributed by atoms with Crippen LogP contribution in [0.1, 0.15) is 69.0 Å². The van der Waals surface area contributed by atoms with Crippen molar-refractivity contribution in [2.45, 2.75) is 68.7 Å². The molecule has 0 bridgehead atoms. The third-order valence-electron chi connectivity index (χ3n) is 4.37. The Hall–Kier alpha value is -1.04. The molecule has 1 unspecified atom stereocenters. The second-order valence-corrected chi connectivity index (χ2v) is 5.97. The van der Waals surface area contributed by atoms with Gasteiger partial charge in [-0.3, -0.25) is 0 Å². The highest BCUT2D eigenvalue weighted by atomic mass is 19.3. The molecule has 2 aliphatic rings. The first-order valence-electron chi connectivity index (χ1n) is 6.99. The van der Waals surface area contributed by atoms with Crippen LogP contribution >= 0.6 is 0 Å². The van der Waals surface area contributed by atoms with Crippen molar-refractivity contribution in [2.24, 2.45) is 5.73 Å². The van der Waals surface area contributed by atoms with E-state index in [1.165, 1.54) is 0 Å². The molecular formula is C13H19F2N3O. The van der Waals surface area contributed by atoms with Crippen LogP contribution in [0.3, 0.4) is 0 Å². The van der Waals surface area contributed by atoms with E-state index < -0.39 is 11.5 Å². The largest absolute Gasteiger partial charge is 0.339 e. The lowest BCUT2D eigenvalue weighted by Crippen LogP contribution is -2.34.